The molecule has 0 bridgehead atoms. The monoisotopic (exact) mass is 611 g/mol. The van der Waals surface area contributed by atoms with E-state index >= 15 is 0 Å². The van der Waals surface area contributed by atoms with E-state index in [-0.39, 0.29) is 0 Å². The van der Waals surface area contributed by atoms with Gasteiger partial charge in [0.15, 0.2) is 0 Å². The zero-order chi connectivity index (χ0) is 31.6. The Hall–Kier alpha value is -6.38. The molecule has 224 valence electrons. The Kier molecular flexibility index (Phi) is 5.91. The van der Waals surface area contributed by atoms with Crippen LogP contribution in [0.5, 0.6) is 0 Å². The molecule has 10 aromatic rings. The minimum Gasteiger partial charge on any atom is -0.456 e. The molecule has 0 saturated carbocycles. The van der Waals surface area contributed by atoms with Crippen LogP contribution in [0.4, 0.5) is 17.1 Å². The van der Waals surface area contributed by atoms with E-state index in [0.717, 1.165) is 33.6 Å². The second-order valence-electron chi connectivity index (χ2n) is 12.5. The quantitative estimate of drug-likeness (QED) is 0.184. The molecule has 0 aliphatic heterocycles. The highest BCUT2D eigenvalue weighted by Gasteiger charge is 2.17. The molecule has 9 aromatic carbocycles. The second-order valence-corrected chi connectivity index (χ2v) is 12.5. The van der Waals surface area contributed by atoms with Crippen LogP contribution in [0.3, 0.4) is 0 Å². The first-order valence-corrected chi connectivity index (χ1v) is 16.4. The molecule has 0 spiro atoms. The van der Waals surface area contributed by atoms with Gasteiger partial charge in [0, 0.05) is 33.2 Å². The molecular weight excluding hydrogens is 583 g/mol. The molecule has 48 heavy (non-hydrogen) atoms. The molecule has 0 amide bonds. The first-order chi connectivity index (χ1) is 23.8. The van der Waals surface area contributed by atoms with Crippen molar-refractivity contribution in [3.8, 4) is 11.1 Å². The largest absolute Gasteiger partial charge is 0.456 e. The Morgan fingerprint density at radius 3 is 1.77 bits per heavy atom. The number of anilines is 3. The first kappa shape index (κ1) is 26.8. The van der Waals surface area contributed by atoms with Gasteiger partial charge in [0.05, 0.1) is 0 Å². The van der Waals surface area contributed by atoms with E-state index in [9.17, 15) is 0 Å². The summed E-state index contributed by atoms with van der Waals surface area (Å²) in [6, 6.07) is 63.2. The second kappa shape index (κ2) is 10.6. The lowest BCUT2D eigenvalue weighted by Crippen LogP contribution is -2.09. The van der Waals surface area contributed by atoms with Crippen LogP contribution in [-0.4, -0.2) is 0 Å². The van der Waals surface area contributed by atoms with Crippen molar-refractivity contribution in [3.05, 3.63) is 176 Å². The molecule has 0 aliphatic carbocycles. The predicted molar refractivity (Wildman–Crippen MR) is 204 cm³/mol. The lowest BCUT2D eigenvalue weighted by molar-refractivity contribution is 0.669. The van der Waals surface area contributed by atoms with Crippen LogP contribution in [0.25, 0.3) is 76.2 Å². The molecule has 10 rings (SSSR count). The summed E-state index contributed by atoms with van der Waals surface area (Å²) < 4.78 is 6.33. The molecule has 0 N–H and O–H groups in total. The van der Waals surface area contributed by atoms with Gasteiger partial charge in [-0.25, -0.2) is 0 Å². The number of para-hydroxylation sites is 2. The number of rotatable bonds is 4. The van der Waals surface area contributed by atoms with E-state index < -0.39 is 0 Å². The summed E-state index contributed by atoms with van der Waals surface area (Å²) in [7, 11) is 0. The van der Waals surface area contributed by atoms with Crippen molar-refractivity contribution < 1.29 is 4.42 Å². The normalized spacial score (nSPS) is 11.8. The van der Waals surface area contributed by atoms with Crippen molar-refractivity contribution in [2.24, 2.45) is 0 Å². The van der Waals surface area contributed by atoms with Gasteiger partial charge in [0.1, 0.15) is 11.2 Å². The van der Waals surface area contributed by atoms with Crippen LogP contribution in [-0.2, 0) is 0 Å². The smallest absolute Gasteiger partial charge is 0.136 e. The number of fused-ring (bicyclic) bond motifs is 11. The Morgan fingerprint density at radius 1 is 0.312 bits per heavy atom. The van der Waals surface area contributed by atoms with Crippen molar-refractivity contribution in [3.63, 3.8) is 0 Å². The summed E-state index contributed by atoms with van der Waals surface area (Å²) in [6.45, 7) is 0. The van der Waals surface area contributed by atoms with Crippen molar-refractivity contribution in [2.75, 3.05) is 4.90 Å². The van der Waals surface area contributed by atoms with Crippen LogP contribution in [0.2, 0.25) is 0 Å². The molecule has 0 radical (unpaired) electrons. The number of hydrogen-bond donors (Lipinski definition) is 0. The minimum atomic E-state index is 0.922. The van der Waals surface area contributed by atoms with E-state index in [1.165, 1.54) is 59.6 Å². The Labute approximate surface area is 277 Å². The summed E-state index contributed by atoms with van der Waals surface area (Å²) in [5.41, 5.74) is 7.60. The zero-order valence-corrected chi connectivity index (χ0v) is 26.1. The van der Waals surface area contributed by atoms with E-state index in [2.05, 4.69) is 175 Å². The van der Waals surface area contributed by atoms with Crippen LogP contribution in [0.15, 0.2) is 180 Å². The summed E-state index contributed by atoms with van der Waals surface area (Å²) in [5, 5.41) is 12.3. The van der Waals surface area contributed by atoms with Gasteiger partial charge >= 0.3 is 0 Å². The molecule has 0 fully saturated rings. The molecule has 0 unspecified atom stereocenters. The van der Waals surface area contributed by atoms with Gasteiger partial charge in [-0.1, -0.05) is 115 Å². The molecular formula is C46H29NO. The highest BCUT2D eigenvalue weighted by molar-refractivity contribution is 6.34. The third-order valence-corrected chi connectivity index (χ3v) is 9.80. The van der Waals surface area contributed by atoms with Gasteiger partial charge in [-0.3, -0.25) is 0 Å². The van der Waals surface area contributed by atoms with Crippen LogP contribution in [0, 0.1) is 0 Å². The molecule has 2 nitrogen and oxygen atoms in total. The average molecular weight is 612 g/mol. The van der Waals surface area contributed by atoms with Gasteiger partial charge in [-0.2, -0.15) is 0 Å². The predicted octanol–water partition coefficient (Wildman–Crippen LogP) is 13.3. The third kappa shape index (κ3) is 4.13. The number of benzene rings is 9. The van der Waals surface area contributed by atoms with Gasteiger partial charge in [-0.15, -0.1) is 0 Å². The van der Waals surface area contributed by atoms with Crippen molar-refractivity contribution in [1.29, 1.82) is 0 Å². The van der Waals surface area contributed by atoms with Crippen molar-refractivity contribution in [2.45, 2.75) is 0 Å². The number of nitrogens with zero attached hydrogens (tertiary/aromatic N) is 1. The van der Waals surface area contributed by atoms with Gasteiger partial charge in [-0.05, 0) is 109 Å². The standard InChI is InChI=1S/C46H29NO/c1-2-12-34(13-3-1)47(36-24-20-30-10-4-5-11-32(30)28-36)35-22-18-31(19-23-35)33-21-25-38-37-14-6-7-15-39(37)45-40(42(38)29-33)26-27-44-46(45)41-16-8-9-17-43(41)48-44/h1-29H. The van der Waals surface area contributed by atoms with Crippen LogP contribution < -0.4 is 4.90 Å². The maximum Gasteiger partial charge on any atom is 0.136 e. The van der Waals surface area contributed by atoms with Crippen LogP contribution >= 0.6 is 0 Å². The molecule has 1 aromatic heterocycles. The third-order valence-electron chi connectivity index (χ3n) is 9.80. The number of furan rings is 1. The van der Waals surface area contributed by atoms with E-state index in [1.54, 1.807) is 0 Å². The molecule has 0 atom stereocenters. The summed E-state index contributed by atoms with van der Waals surface area (Å²) in [4.78, 5) is 2.33. The first-order valence-electron chi connectivity index (χ1n) is 16.4. The van der Waals surface area contributed by atoms with Crippen molar-refractivity contribution in [1.82, 2.24) is 0 Å². The van der Waals surface area contributed by atoms with E-state index in [1.807, 2.05) is 6.07 Å². The zero-order valence-electron chi connectivity index (χ0n) is 26.1. The summed E-state index contributed by atoms with van der Waals surface area (Å²) in [6.07, 6.45) is 0. The highest BCUT2D eigenvalue weighted by atomic mass is 16.3. The minimum absolute atomic E-state index is 0.922. The van der Waals surface area contributed by atoms with Crippen LogP contribution in [0.1, 0.15) is 0 Å². The van der Waals surface area contributed by atoms with Gasteiger partial charge < -0.3 is 9.32 Å². The van der Waals surface area contributed by atoms with Gasteiger partial charge in [0.2, 0.25) is 0 Å². The highest BCUT2D eigenvalue weighted by Crippen LogP contribution is 2.44. The Balaban J connectivity index is 1.14. The van der Waals surface area contributed by atoms with Crippen molar-refractivity contribution >= 4 is 82.1 Å². The SMILES string of the molecule is c1ccc(N(c2ccc(-c3ccc4c5ccccc5c5c(ccc6oc7ccccc7c65)c4c3)cc2)c2ccc3ccccc3c2)cc1. The van der Waals surface area contributed by atoms with E-state index in [0.29, 0.717) is 0 Å². The Bertz CT molecular complexity index is 2830. The Morgan fingerprint density at radius 2 is 0.917 bits per heavy atom. The fraction of sp³-hybridized carbons (Fsp3) is 0. The molecule has 1 heterocycles. The fourth-order valence-corrected chi connectivity index (χ4v) is 7.58. The molecule has 0 saturated heterocycles. The number of hydrogen-bond acceptors (Lipinski definition) is 2. The van der Waals surface area contributed by atoms with Gasteiger partial charge in [0.25, 0.3) is 0 Å². The molecule has 0 aliphatic rings. The lowest BCUT2D eigenvalue weighted by atomic mass is 9.90. The summed E-state index contributed by atoms with van der Waals surface area (Å²) >= 11 is 0. The fourth-order valence-electron chi connectivity index (χ4n) is 7.58. The van der Waals surface area contributed by atoms with E-state index in [4.69, 9.17) is 4.42 Å². The average Bonchev–Trinajstić information content (AvgIpc) is 3.54. The maximum absolute atomic E-state index is 6.33. The molecule has 2 heteroatoms. The maximum atomic E-state index is 6.33. The lowest BCUT2D eigenvalue weighted by Gasteiger charge is -2.26. The summed E-state index contributed by atoms with van der Waals surface area (Å²) in [5.74, 6) is 0. The topological polar surface area (TPSA) is 16.4 Å².